The summed E-state index contributed by atoms with van der Waals surface area (Å²) < 4.78 is 12.1. The Labute approximate surface area is 152 Å². The number of benzene rings is 1. The molecule has 0 unspecified atom stereocenters. The van der Waals surface area contributed by atoms with Gasteiger partial charge in [0.05, 0.1) is 10.6 Å². The number of carbonyl (C=O) groups is 1. The Bertz CT molecular complexity index is 1020. The predicted molar refractivity (Wildman–Crippen MR) is 95.0 cm³/mol. The van der Waals surface area contributed by atoms with E-state index in [2.05, 4.69) is 15.3 Å². The van der Waals surface area contributed by atoms with Crippen LogP contribution in [0.2, 0.25) is 0 Å². The van der Waals surface area contributed by atoms with Gasteiger partial charge in [0.1, 0.15) is 5.69 Å². The molecule has 0 aliphatic carbocycles. The molecule has 130 valence electrons. The molecule has 0 fully saturated rings. The van der Waals surface area contributed by atoms with Gasteiger partial charge in [-0.05, 0) is 23.6 Å². The minimum absolute atomic E-state index is 0.0893. The van der Waals surface area contributed by atoms with Crippen LogP contribution in [0.15, 0.2) is 58.3 Å². The lowest BCUT2D eigenvalue weighted by atomic mass is 10.3. The molecule has 3 aromatic heterocycles. The Kier molecular flexibility index (Phi) is 4.32. The van der Waals surface area contributed by atoms with Crippen LogP contribution in [0, 0.1) is 6.92 Å². The first-order valence-electron chi connectivity index (χ1n) is 7.86. The zero-order valence-corrected chi connectivity index (χ0v) is 14.6. The van der Waals surface area contributed by atoms with Gasteiger partial charge in [0, 0.05) is 13.0 Å². The number of para-hydroxylation sites is 1. The van der Waals surface area contributed by atoms with E-state index in [0.717, 1.165) is 10.6 Å². The van der Waals surface area contributed by atoms with Crippen molar-refractivity contribution in [2.45, 2.75) is 13.5 Å². The minimum Gasteiger partial charge on any atom is -0.451 e. The summed E-state index contributed by atoms with van der Waals surface area (Å²) in [4.78, 5) is 13.6. The van der Waals surface area contributed by atoms with E-state index in [-0.39, 0.29) is 12.5 Å². The molecule has 4 rings (SSSR count). The van der Waals surface area contributed by atoms with Gasteiger partial charge in [-0.1, -0.05) is 24.3 Å². The fourth-order valence-corrected chi connectivity index (χ4v) is 3.12. The first kappa shape index (κ1) is 16.2. The van der Waals surface area contributed by atoms with E-state index in [9.17, 15) is 4.79 Å². The van der Waals surface area contributed by atoms with Crippen molar-refractivity contribution in [2.24, 2.45) is 0 Å². The number of carbonyl (C=O) groups excluding carboxylic acids is 1. The van der Waals surface area contributed by atoms with E-state index in [1.165, 1.54) is 0 Å². The Hall–Kier alpha value is -3.26. The number of aryl methyl sites for hydroxylation is 1. The zero-order valence-electron chi connectivity index (χ0n) is 13.8. The number of esters is 1. The maximum absolute atomic E-state index is 12.6. The third kappa shape index (κ3) is 3.27. The number of hydrogen-bond acceptors (Lipinski definition) is 7. The molecule has 0 aliphatic rings. The molecular formula is C18H14N4O3S. The second-order valence-electron chi connectivity index (χ2n) is 5.43. The van der Waals surface area contributed by atoms with Gasteiger partial charge in [-0.25, -0.2) is 9.48 Å². The molecule has 1 aromatic carbocycles. The van der Waals surface area contributed by atoms with Gasteiger partial charge in [0.2, 0.25) is 5.89 Å². The maximum Gasteiger partial charge on any atom is 0.357 e. The smallest absolute Gasteiger partial charge is 0.357 e. The van der Waals surface area contributed by atoms with Gasteiger partial charge in [-0.3, -0.25) is 0 Å². The summed E-state index contributed by atoms with van der Waals surface area (Å²) in [6.45, 7) is 1.59. The lowest BCUT2D eigenvalue weighted by molar-refractivity contribution is 0.0426. The quantitative estimate of drug-likeness (QED) is 0.501. The standard InChI is InChI=1S/C18H14N4O3S/c1-12-19-20-17(25-12)11-24-18(23)15-10-14(16-8-5-9-26-16)21-22(15)13-6-3-2-4-7-13/h2-10H,11H2,1H3. The summed E-state index contributed by atoms with van der Waals surface area (Å²) in [6, 6.07) is 15.1. The molecule has 0 amide bonds. The molecule has 0 atom stereocenters. The highest BCUT2D eigenvalue weighted by molar-refractivity contribution is 7.13. The molecule has 8 heteroatoms. The summed E-state index contributed by atoms with van der Waals surface area (Å²) in [5.74, 6) is 0.158. The average molecular weight is 366 g/mol. The second-order valence-corrected chi connectivity index (χ2v) is 6.38. The summed E-state index contributed by atoms with van der Waals surface area (Å²) in [6.07, 6.45) is 0. The summed E-state index contributed by atoms with van der Waals surface area (Å²) in [5, 5.41) is 14.1. The maximum atomic E-state index is 12.6. The molecule has 0 saturated heterocycles. The van der Waals surface area contributed by atoms with Crippen LogP contribution in [0.4, 0.5) is 0 Å². The largest absolute Gasteiger partial charge is 0.451 e. The first-order valence-corrected chi connectivity index (χ1v) is 8.74. The van der Waals surface area contributed by atoms with Crippen molar-refractivity contribution in [3.8, 4) is 16.3 Å². The van der Waals surface area contributed by atoms with Gasteiger partial charge in [0.25, 0.3) is 5.89 Å². The minimum atomic E-state index is -0.514. The van der Waals surface area contributed by atoms with Crippen LogP contribution in [-0.2, 0) is 11.3 Å². The van der Waals surface area contributed by atoms with Crippen LogP contribution < -0.4 is 0 Å². The average Bonchev–Trinajstić information content (AvgIpc) is 3.40. The molecule has 7 nitrogen and oxygen atoms in total. The molecule has 26 heavy (non-hydrogen) atoms. The van der Waals surface area contributed by atoms with Crippen LogP contribution in [0.1, 0.15) is 22.3 Å². The number of rotatable bonds is 5. The van der Waals surface area contributed by atoms with E-state index in [4.69, 9.17) is 9.15 Å². The Balaban J connectivity index is 1.65. The molecule has 4 aromatic rings. The summed E-state index contributed by atoms with van der Waals surface area (Å²) in [7, 11) is 0. The number of aromatic nitrogens is 4. The van der Waals surface area contributed by atoms with Gasteiger partial charge in [0.15, 0.2) is 12.3 Å². The third-order valence-electron chi connectivity index (χ3n) is 3.59. The first-order chi connectivity index (χ1) is 12.7. The van der Waals surface area contributed by atoms with E-state index in [0.29, 0.717) is 17.3 Å². The third-order valence-corrected chi connectivity index (χ3v) is 4.48. The van der Waals surface area contributed by atoms with E-state index in [1.54, 1.807) is 29.0 Å². The van der Waals surface area contributed by atoms with E-state index < -0.39 is 5.97 Å². The molecule has 0 saturated carbocycles. The van der Waals surface area contributed by atoms with E-state index in [1.807, 2.05) is 47.8 Å². The van der Waals surface area contributed by atoms with Gasteiger partial charge >= 0.3 is 5.97 Å². The van der Waals surface area contributed by atoms with Crippen LogP contribution in [0.25, 0.3) is 16.3 Å². The number of hydrogen-bond donors (Lipinski definition) is 0. The molecule has 0 spiro atoms. The van der Waals surface area contributed by atoms with Crippen LogP contribution in [-0.4, -0.2) is 25.9 Å². The van der Waals surface area contributed by atoms with Gasteiger partial charge < -0.3 is 9.15 Å². The highest BCUT2D eigenvalue weighted by Gasteiger charge is 2.20. The van der Waals surface area contributed by atoms with Crippen molar-refractivity contribution < 1.29 is 13.9 Å². The molecular weight excluding hydrogens is 352 g/mol. The number of thiophene rings is 1. The predicted octanol–water partition coefficient (Wildman–Crippen LogP) is 3.65. The Morgan fingerprint density at radius 2 is 2.04 bits per heavy atom. The SMILES string of the molecule is Cc1nnc(COC(=O)c2cc(-c3cccs3)nn2-c2ccccc2)o1. The lowest BCUT2D eigenvalue weighted by Gasteiger charge is -2.06. The van der Waals surface area contributed by atoms with Crippen molar-refractivity contribution >= 4 is 17.3 Å². The molecule has 3 heterocycles. The van der Waals surface area contributed by atoms with Crippen LogP contribution in [0.5, 0.6) is 0 Å². The molecule has 0 bridgehead atoms. The fourth-order valence-electron chi connectivity index (χ4n) is 2.43. The molecule has 0 N–H and O–H groups in total. The molecule has 0 aliphatic heterocycles. The van der Waals surface area contributed by atoms with Crippen molar-refractivity contribution in [3.05, 3.63) is 71.4 Å². The van der Waals surface area contributed by atoms with E-state index >= 15 is 0 Å². The Morgan fingerprint density at radius 3 is 2.73 bits per heavy atom. The highest BCUT2D eigenvalue weighted by atomic mass is 32.1. The number of nitrogens with zero attached hydrogens (tertiary/aromatic N) is 4. The fraction of sp³-hybridized carbons (Fsp3) is 0.111. The van der Waals surface area contributed by atoms with Crippen LogP contribution >= 0.6 is 11.3 Å². The monoisotopic (exact) mass is 366 g/mol. The van der Waals surface area contributed by atoms with Crippen molar-refractivity contribution in [3.63, 3.8) is 0 Å². The molecule has 0 radical (unpaired) electrons. The zero-order chi connectivity index (χ0) is 17.9. The van der Waals surface area contributed by atoms with Crippen LogP contribution in [0.3, 0.4) is 0 Å². The number of ether oxygens (including phenoxy) is 1. The highest BCUT2D eigenvalue weighted by Crippen LogP contribution is 2.26. The lowest BCUT2D eigenvalue weighted by Crippen LogP contribution is -2.12. The van der Waals surface area contributed by atoms with Crippen molar-refractivity contribution in [2.75, 3.05) is 0 Å². The van der Waals surface area contributed by atoms with Crippen molar-refractivity contribution in [1.29, 1.82) is 0 Å². The Morgan fingerprint density at radius 1 is 1.19 bits per heavy atom. The summed E-state index contributed by atoms with van der Waals surface area (Å²) in [5.41, 5.74) is 1.82. The summed E-state index contributed by atoms with van der Waals surface area (Å²) >= 11 is 1.56. The second kappa shape index (κ2) is 6.93. The topological polar surface area (TPSA) is 83.0 Å². The van der Waals surface area contributed by atoms with Crippen molar-refractivity contribution in [1.82, 2.24) is 20.0 Å². The van der Waals surface area contributed by atoms with Gasteiger partial charge in [-0.2, -0.15) is 5.10 Å². The normalized spacial score (nSPS) is 10.8. The van der Waals surface area contributed by atoms with Gasteiger partial charge in [-0.15, -0.1) is 21.5 Å².